The third-order valence-electron chi connectivity index (χ3n) is 5.99. The van der Waals surface area contributed by atoms with E-state index in [9.17, 15) is 14.7 Å². The minimum absolute atomic E-state index is 0.0238. The Morgan fingerprint density at radius 1 is 1.18 bits per heavy atom. The number of ether oxygens (including phenoxy) is 2. The topological polar surface area (TPSA) is 79.3 Å². The molecule has 0 bridgehead atoms. The first-order valence-electron chi connectivity index (χ1n) is 11.3. The van der Waals surface area contributed by atoms with Crippen LogP contribution < -0.4 is 25.9 Å². The molecule has 4 rings (SSSR count). The van der Waals surface area contributed by atoms with Gasteiger partial charge in [0.25, 0.3) is 0 Å². The zero-order valence-corrected chi connectivity index (χ0v) is 22.2. The number of rotatable bonds is 7. The molecule has 0 radical (unpaired) electrons. The summed E-state index contributed by atoms with van der Waals surface area (Å²) in [5.74, 6) is 0.577. The van der Waals surface area contributed by atoms with Crippen LogP contribution in [0.2, 0.25) is 5.02 Å². The van der Waals surface area contributed by atoms with Crippen LogP contribution in [0, 0.1) is 0 Å². The zero-order chi connectivity index (χ0) is 24.2. The Morgan fingerprint density at radius 2 is 1.94 bits per heavy atom. The molecule has 9 heteroatoms. The summed E-state index contributed by atoms with van der Waals surface area (Å²) in [6.07, 6.45) is -0.103. The molecule has 2 aliphatic heterocycles. The fraction of sp³-hybridized carbons (Fsp3) is 0.440. The van der Waals surface area contributed by atoms with Crippen molar-refractivity contribution >= 4 is 23.3 Å². The molecule has 1 amide bonds. The number of carbonyl (C=O) groups is 2. The molecular formula is C25H29ClIN2O5-. The molecule has 2 aromatic carbocycles. The average Bonchev–Trinajstić information content (AvgIpc) is 2.82. The van der Waals surface area contributed by atoms with Gasteiger partial charge in [-0.3, -0.25) is 0 Å². The van der Waals surface area contributed by atoms with E-state index in [1.807, 2.05) is 54.3 Å². The molecule has 0 aromatic heterocycles. The molecule has 2 aromatic rings. The first-order valence-corrected chi connectivity index (χ1v) is 14.2. The number of amides is 1. The number of hydrogen-bond acceptors (Lipinski definition) is 6. The van der Waals surface area contributed by atoms with Crippen molar-refractivity contribution in [3.63, 3.8) is 0 Å². The van der Waals surface area contributed by atoms with Crippen LogP contribution in [0.3, 0.4) is 0 Å². The second kappa shape index (κ2) is 11.3. The van der Waals surface area contributed by atoms with Gasteiger partial charge in [0.2, 0.25) is 0 Å². The Kier molecular flexibility index (Phi) is 8.47. The van der Waals surface area contributed by atoms with Crippen molar-refractivity contribution in [1.82, 2.24) is 9.80 Å². The van der Waals surface area contributed by atoms with Crippen LogP contribution in [0.15, 0.2) is 42.5 Å². The summed E-state index contributed by atoms with van der Waals surface area (Å²) in [7, 11) is 1.78. The number of hydrogen-bond donors (Lipinski definition) is 1. The number of aliphatic hydroxyl groups is 1. The van der Waals surface area contributed by atoms with Crippen LogP contribution in [0.1, 0.15) is 27.7 Å². The number of halogens is 2. The summed E-state index contributed by atoms with van der Waals surface area (Å²) in [6, 6.07) is 13.7. The standard InChI is InChI=1S/C25H29ClIN2O5/c1-3-33-19-7-4-16(5-8-19)12-18-13-17(6-9-20(18)26)25-27-24(32)23(31)21(34-25)14-29-11-10-28(2)22(30)15-29/h4-9,13,21,24-25,32H,3,10-12,14-15H2,1-2H3/q-1/t21-,24?,25+/m1/s1. The molecule has 2 saturated heterocycles. The van der Waals surface area contributed by atoms with Gasteiger partial charge in [-0.25, -0.2) is 0 Å². The van der Waals surface area contributed by atoms with Crippen LogP contribution in [0.4, 0.5) is 0 Å². The second-order valence-corrected chi connectivity index (χ2v) is 11.9. The summed E-state index contributed by atoms with van der Waals surface area (Å²) in [5.41, 5.74) is 2.99. The Hall–Kier alpha value is -1.72. The van der Waals surface area contributed by atoms with Crippen molar-refractivity contribution in [2.75, 3.05) is 39.8 Å². The maximum atomic E-state index is 12.7. The van der Waals surface area contributed by atoms with Gasteiger partial charge in [0, 0.05) is 0 Å². The summed E-state index contributed by atoms with van der Waals surface area (Å²) in [6.45, 7) is 4.44. The maximum absolute atomic E-state index is 12.7. The molecule has 0 spiro atoms. The number of aliphatic hydroxyl groups excluding tert-OH is 1. The van der Waals surface area contributed by atoms with Crippen LogP contribution in [0.25, 0.3) is 0 Å². The van der Waals surface area contributed by atoms with E-state index in [4.69, 9.17) is 21.1 Å². The van der Waals surface area contributed by atoms with Gasteiger partial charge >= 0.3 is 216 Å². The van der Waals surface area contributed by atoms with Crippen LogP contribution in [-0.2, 0) is 20.7 Å². The quantitative estimate of drug-likeness (QED) is 0.341. The van der Waals surface area contributed by atoms with Crippen molar-refractivity contribution in [3.8, 4) is 5.75 Å². The second-order valence-electron chi connectivity index (χ2n) is 8.46. The van der Waals surface area contributed by atoms with Crippen molar-refractivity contribution in [2.45, 2.75) is 27.7 Å². The van der Waals surface area contributed by atoms with Gasteiger partial charge in [0.1, 0.15) is 0 Å². The van der Waals surface area contributed by atoms with E-state index in [0.29, 0.717) is 37.7 Å². The van der Waals surface area contributed by atoms with Crippen molar-refractivity contribution in [2.24, 2.45) is 0 Å². The average molecular weight is 600 g/mol. The van der Waals surface area contributed by atoms with Crippen LogP contribution in [-0.4, -0.2) is 76.6 Å². The molecule has 1 unspecified atom stereocenters. The first-order chi connectivity index (χ1) is 16.3. The van der Waals surface area contributed by atoms with Gasteiger partial charge in [-0.15, -0.1) is 0 Å². The minimum atomic E-state index is -0.990. The number of piperazine rings is 1. The molecule has 184 valence electrons. The fourth-order valence-corrected chi connectivity index (χ4v) is 6.89. The fourth-order valence-electron chi connectivity index (χ4n) is 4.01. The number of benzene rings is 2. The number of nitrogens with zero attached hydrogens (tertiary/aromatic N) is 2. The summed E-state index contributed by atoms with van der Waals surface area (Å²) in [4.78, 5) is 28.3. The van der Waals surface area contributed by atoms with Gasteiger partial charge in [0.15, 0.2) is 0 Å². The molecule has 2 aliphatic rings. The number of likely N-dealkylation sites (N-methyl/N-ethyl adjacent to an activating group) is 1. The predicted octanol–water partition coefficient (Wildman–Crippen LogP) is -0.523. The Bertz CT molecular complexity index is 1030. The van der Waals surface area contributed by atoms with Gasteiger partial charge in [-0.1, -0.05) is 0 Å². The SMILES string of the molecule is CCOc1ccc(Cc2cc([C@@H]3O[C@H](CN4CCN(C)C(=O)C4)C(=O)C(O)[I-]3)ccc2Cl)cc1. The Morgan fingerprint density at radius 3 is 2.65 bits per heavy atom. The molecule has 34 heavy (non-hydrogen) atoms. The first kappa shape index (κ1) is 25.4. The van der Waals surface area contributed by atoms with E-state index in [-0.39, 0.29) is 22.3 Å². The van der Waals surface area contributed by atoms with Crippen molar-refractivity contribution in [1.29, 1.82) is 0 Å². The van der Waals surface area contributed by atoms with E-state index >= 15 is 0 Å². The van der Waals surface area contributed by atoms with Crippen molar-refractivity contribution in [3.05, 3.63) is 64.2 Å². The molecular weight excluding hydrogens is 571 g/mol. The third kappa shape index (κ3) is 6.09. The van der Waals surface area contributed by atoms with Gasteiger partial charge in [0.05, 0.1) is 0 Å². The van der Waals surface area contributed by atoms with Gasteiger partial charge < -0.3 is 0 Å². The third-order valence-corrected chi connectivity index (χ3v) is 9.32. The number of carbonyl (C=O) groups excluding carboxylic acids is 2. The van der Waals surface area contributed by atoms with E-state index in [1.165, 1.54) is 0 Å². The van der Waals surface area contributed by atoms with E-state index in [0.717, 1.165) is 22.4 Å². The molecule has 2 fully saturated rings. The zero-order valence-electron chi connectivity index (χ0n) is 19.2. The number of alkyl halides is 2. The normalized spacial score (nSPS) is 24.1. The van der Waals surface area contributed by atoms with Crippen LogP contribution >= 0.6 is 11.6 Å². The van der Waals surface area contributed by atoms with Crippen LogP contribution in [0.5, 0.6) is 5.75 Å². The van der Waals surface area contributed by atoms with E-state index in [1.54, 1.807) is 11.9 Å². The van der Waals surface area contributed by atoms with Crippen molar-refractivity contribution < 1.29 is 45.4 Å². The monoisotopic (exact) mass is 599 g/mol. The molecule has 2 heterocycles. The molecule has 0 aliphatic carbocycles. The molecule has 3 atom stereocenters. The van der Waals surface area contributed by atoms with Gasteiger partial charge in [-0.05, 0) is 0 Å². The number of Topliss-reactive ketones (excluding diaryl/α,β-unsaturated/α-hetero) is 1. The van der Waals surface area contributed by atoms with Gasteiger partial charge in [-0.2, -0.15) is 0 Å². The van der Waals surface area contributed by atoms with E-state index < -0.39 is 31.4 Å². The summed E-state index contributed by atoms with van der Waals surface area (Å²) in [5, 5.41) is 11.2. The number of ketones is 1. The molecule has 1 N–H and O–H groups in total. The Labute approximate surface area is 215 Å². The summed E-state index contributed by atoms with van der Waals surface area (Å²) < 4.78 is 10.4. The molecule has 0 saturated carbocycles. The molecule has 7 nitrogen and oxygen atoms in total. The van der Waals surface area contributed by atoms with E-state index in [2.05, 4.69) is 0 Å². The predicted molar refractivity (Wildman–Crippen MR) is 125 cm³/mol. The summed E-state index contributed by atoms with van der Waals surface area (Å²) >= 11 is 5.54. The Balaban J connectivity index is 1.47.